The van der Waals surface area contributed by atoms with Gasteiger partial charge in [-0.05, 0) is 30.9 Å². The van der Waals surface area contributed by atoms with Gasteiger partial charge in [0.1, 0.15) is 4.90 Å². The highest BCUT2D eigenvalue weighted by Crippen LogP contribution is 2.31. The fourth-order valence-electron chi connectivity index (χ4n) is 3.97. The predicted molar refractivity (Wildman–Crippen MR) is 111 cm³/mol. The number of hydrogen-bond acceptors (Lipinski definition) is 4. The standard InChI is InChI=1S/C19H27Cl2N3O3S/c1-14-5-2-3-8-17(14)22-18(25)13-23-9-11-24(12-10-23)28(26,27)19-15(20)6-4-7-16(19)21/h4,6-7,14,17H,2-3,5,8-13H2,1H3,(H,22,25)/t14-,17+/m0/s1. The molecule has 1 aromatic rings. The average molecular weight is 448 g/mol. The van der Waals surface area contributed by atoms with E-state index in [2.05, 4.69) is 12.2 Å². The van der Waals surface area contributed by atoms with Crippen LogP contribution in [0.4, 0.5) is 0 Å². The zero-order valence-corrected chi connectivity index (χ0v) is 18.4. The summed E-state index contributed by atoms with van der Waals surface area (Å²) >= 11 is 12.2. The lowest BCUT2D eigenvalue weighted by Gasteiger charge is -2.35. The van der Waals surface area contributed by atoms with Gasteiger partial charge in [0.15, 0.2) is 0 Å². The van der Waals surface area contributed by atoms with Crippen molar-refractivity contribution in [3.63, 3.8) is 0 Å². The van der Waals surface area contributed by atoms with Crippen LogP contribution in [0, 0.1) is 5.92 Å². The molecule has 9 heteroatoms. The van der Waals surface area contributed by atoms with E-state index in [-0.39, 0.29) is 26.9 Å². The van der Waals surface area contributed by atoms with Gasteiger partial charge >= 0.3 is 0 Å². The van der Waals surface area contributed by atoms with Crippen LogP contribution in [0.25, 0.3) is 0 Å². The number of benzene rings is 1. The fourth-order valence-corrected chi connectivity index (χ4v) is 6.49. The molecule has 2 atom stereocenters. The highest BCUT2D eigenvalue weighted by atomic mass is 35.5. The molecule has 1 saturated carbocycles. The van der Waals surface area contributed by atoms with E-state index in [1.54, 1.807) is 6.07 Å². The molecular formula is C19H27Cl2N3O3S. The lowest BCUT2D eigenvalue weighted by Crippen LogP contribution is -2.52. The topological polar surface area (TPSA) is 69.7 Å². The van der Waals surface area contributed by atoms with Crippen LogP contribution in [0.2, 0.25) is 10.0 Å². The van der Waals surface area contributed by atoms with Gasteiger partial charge in [-0.25, -0.2) is 8.42 Å². The van der Waals surface area contributed by atoms with Crippen LogP contribution >= 0.6 is 23.2 Å². The Hall–Kier alpha value is -0.860. The van der Waals surface area contributed by atoms with Crippen LogP contribution in [-0.2, 0) is 14.8 Å². The van der Waals surface area contributed by atoms with Gasteiger partial charge in [-0.1, -0.05) is 49.0 Å². The van der Waals surface area contributed by atoms with Gasteiger partial charge in [0, 0.05) is 32.2 Å². The van der Waals surface area contributed by atoms with Gasteiger partial charge in [-0.15, -0.1) is 0 Å². The van der Waals surface area contributed by atoms with Crippen LogP contribution in [0.3, 0.4) is 0 Å². The Morgan fingerprint density at radius 2 is 1.71 bits per heavy atom. The minimum atomic E-state index is -3.76. The normalized spacial score (nSPS) is 24.8. The minimum Gasteiger partial charge on any atom is -0.352 e. The molecule has 0 radical (unpaired) electrons. The maximum atomic E-state index is 12.9. The molecule has 1 aliphatic carbocycles. The Morgan fingerprint density at radius 3 is 2.32 bits per heavy atom. The molecule has 1 saturated heterocycles. The van der Waals surface area contributed by atoms with Crippen LogP contribution < -0.4 is 5.32 Å². The van der Waals surface area contributed by atoms with E-state index in [4.69, 9.17) is 23.2 Å². The summed E-state index contributed by atoms with van der Waals surface area (Å²) in [6.45, 7) is 4.08. The van der Waals surface area contributed by atoms with Crippen LogP contribution in [-0.4, -0.2) is 62.3 Å². The second kappa shape index (κ2) is 9.30. The van der Waals surface area contributed by atoms with E-state index in [1.165, 1.54) is 22.9 Å². The lowest BCUT2D eigenvalue weighted by molar-refractivity contribution is -0.123. The summed E-state index contributed by atoms with van der Waals surface area (Å²) in [7, 11) is -3.76. The molecule has 2 aliphatic rings. The van der Waals surface area contributed by atoms with E-state index >= 15 is 0 Å². The molecule has 6 nitrogen and oxygen atoms in total. The molecule has 1 heterocycles. The molecule has 1 aromatic carbocycles. The number of nitrogens with one attached hydrogen (secondary N) is 1. The number of piperazine rings is 1. The summed E-state index contributed by atoms with van der Waals surface area (Å²) in [4.78, 5) is 14.3. The van der Waals surface area contributed by atoms with Gasteiger partial charge in [0.2, 0.25) is 15.9 Å². The highest BCUT2D eigenvalue weighted by molar-refractivity contribution is 7.89. The van der Waals surface area contributed by atoms with Crippen molar-refractivity contribution in [3.05, 3.63) is 28.2 Å². The Labute approximate surface area is 177 Å². The molecule has 1 aliphatic heterocycles. The van der Waals surface area contributed by atoms with Gasteiger partial charge in [0.05, 0.1) is 16.6 Å². The number of rotatable bonds is 5. The molecule has 2 fully saturated rings. The van der Waals surface area contributed by atoms with Gasteiger partial charge in [-0.3, -0.25) is 9.69 Å². The maximum absolute atomic E-state index is 12.9. The molecule has 0 aromatic heterocycles. The number of amides is 1. The van der Waals surface area contributed by atoms with E-state index in [9.17, 15) is 13.2 Å². The second-order valence-electron chi connectivity index (χ2n) is 7.67. The zero-order valence-electron chi connectivity index (χ0n) is 16.0. The van der Waals surface area contributed by atoms with E-state index in [1.807, 2.05) is 4.90 Å². The summed E-state index contributed by atoms with van der Waals surface area (Å²) < 4.78 is 27.2. The quantitative estimate of drug-likeness (QED) is 0.752. The smallest absolute Gasteiger partial charge is 0.246 e. The van der Waals surface area contributed by atoms with E-state index in [0.29, 0.717) is 38.6 Å². The zero-order chi connectivity index (χ0) is 20.3. The van der Waals surface area contributed by atoms with Crippen molar-refractivity contribution in [2.75, 3.05) is 32.7 Å². The number of nitrogens with zero attached hydrogens (tertiary/aromatic N) is 2. The molecule has 0 bridgehead atoms. The third-order valence-corrected chi connectivity index (χ3v) is 8.53. The molecule has 3 rings (SSSR count). The summed E-state index contributed by atoms with van der Waals surface area (Å²) in [6, 6.07) is 4.92. The summed E-state index contributed by atoms with van der Waals surface area (Å²) in [6.07, 6.45) is 4.60. The maximum Gasteiger partial charge on any atom is 0.246 e. The van der Waals surface area contributed by atoms with E-state index < -0.39 is 10.0 Å². The third kappa shape index (κ3) is 5.00. The van der Waals surface area contributed by atoms with Gasteiger partial charge < -0.3 is 5.32 Å². The number of carbonyl (C=O) groups excluding carboxylic acids is 1. The molecule has 1 N–H and O–H groups in total. The summed E-state index contributed by atoms with van der Waals surface area (Å²) in [5.41, 5.74) is 0. The summed E-state index contributed by atoms with van der Waals surface area (Å²) in [5, 5.41) is 3.39. The first-order valence-electron chi connectivity index (χ1n) is 9.75. The SMILES string of the molecule is C[C@H]1CCCC[C@H]1NC(=O)CN1CCN(S(=O)(=O)c2c(Cl)cccc2Cl)CC1. The largest absolute Gasteiger partial charge is 0.352 e. The van der Waals surface area contributed by atoms with E-state index in [0.717, 1.165) is 19.3 Å². The third-order valence-electron chi connectivity index (χ3n) is 5.67. The summed E-state index contributed by atoms with van der Waals surface area (Å²) in [5.74, 6) is 0.532. The first kappa shape index (κ1) is 21.8. The number of carbonyl (C=O) groups is 1. The highest BCUT2D eigenvalue weighted by Gasteiger charge is 2.32. The van der Waals surface area contributed by atoms with Crippen molar-refractivity contribution in [1.29, 1.82) is 0 Å². The number of halogens is 2. The number of hydrogen-bond donors (Lipinski definition) is 1. The average Bonchev–Trinajstić information content (AvgIpc) is 2.64. The van der Waals surface area contributed by atoms with Crippen molar-refractivity contribution in [2.45, 2.75) is 43.5 Å². The van der Waals surface area contributed by atoms with Crippen LogP contribution in [0.15, 0.2) is 23.1 Å². The van der Waals surface area contributed by atoms with Crippen LogP contribution in [0.5, 0.6) is 0 Å². The van der Waals surface area contributed by atoms with Crippen molar-refractivity contribution in [2.24, 2.45) is 5.92 Å². The van der Waals surface area contributed by atoms with Crippen LogP contribution in [0.1, 0.15) is 32.6 Å². The molecule has 156 valence electrons. The minimum absolute atomic E-state index is 0.0178. The first-order valence-corrected chi connectivity index (χ1v) is 11.9. The molecule has 0 unspecified atom stereocenters. The predicted octanol–water partition coefficient (Wildman–Crippen LogP) is 2.99. The molecule has 1 amide bonds. The van der Waals surface area contributed by atoms with Crippen molar-refractivity contribution >= 4 is 39.1 Å². The Kier molecular flexibility index (Phi) is 7.26. The van der Waals surface area contributed by atoms with Crippen molar-refractivity contribution in [1.82, 2.24) is 14.5 Å². The monoisotopic (exact) mass is 447 g/mol. The second-order valence-corrected chi connectivity index (χ2v) is 10.4. The molecular weight excluding hydrogens is 421 g/mol. The number of sulfonamides is 1. The molecule has 0 spiro atoms. The first-order chi connectivity index (χ1) is 13.3. The van der Waals surface area contributed by atoms with Crippen molar-refractivity contribution < 1.29 is 13.2 Å². The fraction of sp³-hybridized carbons (Fsp3) is 0.632. The Bertz CT molecular complexity index is 790. The lowest BCUT2D eigenvalue weighted by atomic mass is 9.86. The Morgan fingerprint density at radius 1 is 1.11 bits per heavy atom. The Balaban J connectivity index is 1.55. The van der Waals surface area contributed by atoms with Crippen molar-refractivity contribution in [3.8, 4) is 0 Å². The van der Waals surface area contributed by atoms with Gasteiger partial charge in [-0.2, -0.15) is 4.31 Å². The molecule has 28 heavy (non-hydrogen) atoms. The van der Waals surface area contributed by atoms with Gasteiger partial charge in [0.25, 0.3) is 0 Å².